The molecule has 0 fully saturated rings. The van der Waals surface area contributed by atoms with E-state index in [1.807, 2.05) is 30.3 Å². The number of benzene rings is 2. The zero-order valence-corrected chi connectivity index (χ0v) is 15.6. The van der Waals surface area contributed by atoms with E-state index in [1.165, 1.54) is 16.7 Å². The first-order chi connectivity index (χ1) is 12.1. The van der Waals surface area contributed by atoms with Crippen LogP contribution in [0.1, 0.15) is 29.3 Å². The second-order valence-electron chi connectivity index (χ2n) is 6.03. The SMILES string of the molecule is CCc1cc(Oc2ccc(C)cc2)nc(SCc2cccc(C)c2)n1. The van der Waals surface area contributed by atoms with E-state index in [1.54, 1.807) is 11.8 Å². The number of aromatic nitrogens is 2. The lowest BCUT2D eigenvalue weighted by Crippen LogP contribution is -1.97. The van der Waals surface area contributed by atoms with E-state index in [4.69, 9.17) is 4.74 Å². The Morgan fingerprint density at radius 2 is 1.72 bits per heavy atom. The maximum Gasteiger partial charge on any atom is 0.223 e. The van der Waals surface area contributed by atoms with Crippen LogP contribution in [-0.4, -0.2) is 9.97 Å². The Balaban J connectivity index is 1.76. The average Bonchev–Trinajstić information content (AvgIpc) is 2.62. The molecule has 0 aliphatic rings. The fourth-order valence-corrected chi connectivity index (χ4v) is 3.24. The molecule has 0 radical (unpaired) electrons. The van der Waals surface area contributed by atoms with Gasteiger partial charge in [0.1, 0.15) is 5.75 Å². The number of thioether (sulfide) groups is 1. The molecule has 3 aromatic rings. The molecule has 3 nitrogen and oxygen atoms in total. The molecule has 0 saturated carbocycles. The van der Waals surface area contributed by atoms with Gasteiger partial charge in [-0.05, 0) is 38.0 Å². The molecule has 0 N–H and O–H groups in total. The van der Waals surface area contributed by atoms with Gasteiger partial charge >= 0.3 is 0 Å². The number of hydrogen-bond donors (Lipinski definition) is 0. The summed E-state index contributed by atoms with van der Waals surface area (Å²) < 4.78 is 5.92. The highest BCUT2D eigenvalue weighted by molar-refractivity contribution is 7.98. The van der Waals surface area contributed by atoms with Crippen molar-refractivity contribution in [1.29, 1.82) is 0 Å². The molecule has 0 aliphatic carbocycles. The molecule has 2 aromatic carbocycles. The molecule has 0 spiro atoms. The largest absolute Gasteiger partial charge is 0.439 e. The van der Waals surface area contributed by atoms with Gasteiger partial charge in [-0.3, -0.25) is 0 Å². The van der Waals surface area contributed by atoms with E-state index in [-0.39, 0.29) is 0 Å². The second kappa shape index (κ2) is 8.17. The molecule has 4 heteroatoms. The Kier molecular flexibility index (Phi) is 5.71. The summed E-state index contributed by atoms with van der Waals surface area (Å²) in [5.41, 5.74) is 4.74. The molecule has 0 amide bonds. The highest BCUT2D eigenvalue weighted by Crippen LogP contribution is 2.25. The molecule has 0 bridgehead atoms. The van der Waals surface area contributed by atoms with Gasteiger partial charge in [0.15, 0.2) is 5.16 Å². The topological polar surface area (TPSA) is 35.0 Å². The highest BCUT2D eigenvalue weighted by atomic mass is 32.2. The summed E-state index contributed by atoms with van der Waals surface area (Å²) in [5.74, 6) is 2.24. The lowest BCUT2D eigenvalue weighted by Gasteiger charge is -2.09. The third kappa shape index (κ3) is 5.07. The average molecular weight is 350 g/mol. The first kappa shape index (κ1) is 17.5. The summed E-state index contributed by atoms with van der Waals surface area (Å²) in [6.45, 7) is 6.26. The zero-order valence-electron chi connectivity index (χ0n) is 14.8. The van der Waals surface area contributed by atoms with Gasteiger partial charge in [-0.15, -0.1) is 0 Å². The molecular weight excluding hydrogens is 328 g/mol. The summed E-state index contributed by atoms with van der Waals surface area (Å²) in [6.07, 6.45) is 0.852. The fraction of sp³-hybridized carbons (Fsp3) is 0.238. The van der Waals surface area contributed by atoms with Gasteiger partial charge in [-0.1, -0.05) is 66.2 Å². The monoisotopic (exact) mass is 350 g/mol. The predicted molar refractivity (Wildman–Crippen MR) is 103 cm³/mol. The summed E-state index contributed by atoms with van der Waals surface area (Å²) in [7, 11) is 0. The minimum atomic E-state index is 0.599. The Hall–Kier alpha value is -2.33. The summed E-state index contributed by atoms with van der Waals surface area (Å²) in [5, 5.41) is 0.753. The lowest BCUT2D eigenvalue weighted by atomic mass is 10.2. The highest BCUT2D eigenvalue weighted by Gasteiger charge is 2.07. The molecule has 25 heavy (non-hydrogen) atoms. The van der Waals surface area contributed by atoms with Crippen molar-refractivity contribution in [2.75, 3.05) is 0 Å². The number of rotatable bonds is 6. The van der Waals surface area contributed by atoms with Crippen LogP contribution >= 0.6 is 11.8 Å². The third-order valence-electron chi connectivity index (χ3n) is 3.79. The number of nitrogens with zero attached hydrogens (tertiary/aromatic N) is 2. The van der Waals surface area contributed by atoms with Gasteiger partial charge in [0.2, 0.25) is 5.88 Å². The smallest absolute Gasteiger partial charge is 0.223 e. The molecular formula is C21H22N2OS. The van der Waals surface area contributed by atoms with Crippen molar-refractivity contribution in [3.05, 3.63) is 77.0 Å². The van der Waals surface area contributed by atoms with Crippen molar-refractivity contribution in [2.45, 2.75) is 38.1 Å². The maximum atomic E-state index is 5.92. The van der Waals surface area contributed by atoms with Gasteiger partial charge in [0, 0.05) is 17.5 Å². The van der Waals surface area contributed by atoms with E-state index >= 15 is 0 Å². The van der Waals surface area contributed by atoms with Crippen LogP contribution in [0, 0.1) is 13.8 Å². The van der Waals surface area contributed by atoms with Crippen LogP contribution in [0.4, 0.5) is 0 Å². The van der Waals surface area contributed by atoms with E-state index in [2.05, 4.69) is 55.0 Å². The quantitative estimate of drug-likeness (QED) is 0.419. The minimum absolute atomic E-state index is 0.599. The van der Waals surface area contributed by atoms with Crippen LogP contribution in [0.15, 0.2) is 59.8 Å². The Labute approximate surface area is 153 Å². The van der Waals surface area contributed by atoms with Crippen molar-refractivity contribution < 1.29 is 4.74 Å². The van der Waals surface area contributed by atoms with Gasteiger partial charge in [-0.2, -0.15) is 4.98 Å². The van der Waals surface area contributed by atoms with Crippen molar-refractivity contribution in [1.82, 2.24) is 9.97 Å². The standard InChI is InChI=1S/C21H22N2OS/c1-4-18-13-20(24-19-10-8-15(2)9-11-19)23-21(22-18)25-14-17-7-5-6-16(3)12-17/h5-13H,4,14H2,1-3H3. The maximum absolute atomic E-state index is 5.92. The van der Waals surface area contributed by atoms with Crippen molar-refractivity contribution in [3.8, 4) is 11.6 Å². The Morgan fingerprint density at radius 1 is 0.920 bits per heavy atom. The van der Waals surface area contributed by atoms with Gasteiger partial charge < -0.3 is 4.74 Å². The van der Waals surface area contributed by atoms with Gasteiger partial charge in [-0.25, -0.2) is 4.98 Å². The molecule has 128 valence electrons. The first-order valence-corrected chi connectivity index (χ1v) is 9.42. The summed E-state index contributed by atoms with van der Waals surface area (Å²) in [6, 6.07) is 18.4. The van der Waals surface area contributed by atoms with Crippen LogP contribution in [0.25, 0.3) is 0 Å². The van der Waals surface area contributed by atoms with E-state index in [0.717, 1.165) is 28.8 Å². The van der Waals surface area contributed by atoms with Crippen molar-refractivity contribution in [3.63, 3.8) is 0 Å². The van der Waals surface area contributed by atoms with E-state index < -0.39 is 0 Å². The lowest BCUT2D eigenvalue weighted by molar-refractivity contribution is 0.454. The van der Waals surface area contributed by atoms with Crippen LogP contribution in [0.3, 0.4) is 0 Å². The Bertz CT molecular complexity index is 847. The molecule has 0 unspecified atom stereocenters. The second-order valence-corrected chi connectivity index (χ2v) is 6.97. The molecule has 1 heterocycles. The van der Waals surface area contributed by atoms with E-state index in [9.17, 15) is 0 Å². The molecule has 0 atom stereocenters. The predicted octanol–water partition coefficient (Wildman–Crippen LogP) is 5.74. The van der Waals surface area contributed by atoms with Crippen LogP contribution in [-0.2, 0) is 12.2 Å². The van der Waals surface area contributed by atoms with Crippen molar-refractivity contribution in [2.24, 2.45) is 0 Å². The molecule has 0 saturated heterocycles. The molecule has 0 aliphatic heterocycles. The Morgan fingerprint density at radius 3 is 2.44 bits per heavy atom. The molecule has 3 rings (SSSR count). The zero-order chi connectivity index (χ0) is 17.6. The number of aryl methyl sites for hydroxylation is 3. The normalized spacial score (nSPS) is 10.7. The summed E-state index contributed by atoms with van der Waals surface area (Å²) >= 11 is 1.64. The van der Waals surface area contributed by atoms with Crippen LogP contribution in [0.5, 0.6) is 11.6 Å². The van der Waals surface area contributed by atoms with E-state index in [0.29, 0.717) is 5.88 Å². The van der Waals surface area contributed by atoms with Crippen molar-refractivity contribution >= 4 is 11.8 Å². The fourth-order valence-electron chi connectivity index (χ4n) is 2.42. The van der Waals surface area contributed by atoms with Crippen LogP contribution in [0.2, 0.25) is 0 Å². The van der Waals surface area contributed by atoms with Crippen LogP contribution < -0.4 is 4.74 Å². The number of ether oxygens (including phenoxy) is 1. The summed E-state index contributed by atoms with van der Waals surface area (Å²) in [4.78, 5) is 9.18. The third-order valence-corrected chi connectivity index (χ3v) is 4.71. The van der Waals surface area contributed by atoms with Gasteiger partial charge in [0.25, 0.3) is 0 Å². The minimum Gasteiger partial charge on any atom is -0.439 e. The van der Waals surface area contributed by atoms with Gasteiger partial charge in [0.05, 0.1) is 0 Å². The molecule has 1 aromatic heterocycles. The number of hydrogen-bond acceptors (Lipinski definition) is 4. The first-order valence-electron chi connectivity index (χ1n) is 8.43.